The maximum atomic E-state index is 12.3. The van der Waals surface area contributed by atoms with E-state index in [2.05, 4.69) is 10.6 Å². The van der Waals surface area contributed by atoms with Gasteiger partial charge in [0.05, 0.1) is 17.1 Å². The Morgan fingerprint density at radius 3 is 2.32 bits per heavy atom. The molecule has 0 aliphatic rings. The van der Waals surface area contributed by atoms with Crippen LogP contribution in [0.15, 0.2) is 18.2 Å². The third-order valence-electron chi connectivity index (χ3n) is 3.56. The van der Waals surface area contributed by atoms with Crippen molar-refractivity contribution in [2.45, 2.75) is 26.4 Å². The minimum Gasteiger partial charge on any atom is -0.479 e. The molecule has 0 saturated carbocycles. The lowest BCUT2D eigenvalue weighted by Crippen LogP contribution is -2.47. The van der Waals surface area contributed by atoms with Crippen molar-refractivity contribution in [1.29, 1.82) is 0 Å². The summed E-state index contributed by atoms with van der Waals surface area (Å²) >= 11 is 6.12. The molecule has 1 rings (SSSR count). The van der Waals surface area contributed by atoms with Crippen molar-refractivity contribution in [3.05, 3.63) is 28.8 Å². The summed E-state index contributed by atoms with van der Waals surface area (Å²) in [7, 11) is 0. The van der Waals surface area contributed by atoms with Crippen LogP contribution < -0.4 is 10.6 Å². The highest BCUT2D eigenvalue weighted by molar-refractivity contribution is 6.34. The fourth-order valence-electron chi connectivity index (χ4n) is 1.95. The number of anilines is 1. The number of aliphatic carboxylic acids is 1. The fourth-order valence-corrected chi connectivity index (χ4v) is 2.21. The predicted octanol–water partition coefficient (Wildman–Crippen LogP) is 1.78. The van der Waals surface area contributed by atoms with Gasteiger partial charge in [-0.1, -0.05) is 11.6 Å². The zero-order chi connectivity index (χ0) is 19.2. The fraction of sp³-hybridized carbons (Fsp3) is 0.438. The summed E-state index contributed by atoms with van der Waals surface area (Å²) in [6, 6.07) is 3.73. The molecule has 0 fully saturated rings. The second-order valence-electron chi connectivity index (χ2n) is 5.56. The first-order valence-corrected chi connectivity index (χ1v) is 8.09. The van der Waals surface area contributed by atoms with E-state index in [0.29, 0.717) is 24.3 Å². The Balaban J connectivity index is 2.76. The zero-order valence-electron chi connectivity index (χ0n) is 14.3. The largest absolute Gasteiger partial charge is 0.479 e. The molecule has 9 heteroatoms. The molecule has 8 nitrogen and oxygen atoms in total. The van der Waals surface area contributed by atoms with Crippen LogP contribution >= 0.6 is 11.6 Å². The van der Waals surface area contributed by atoms with Gasteiger partial charge in [-0.15, -0.1) is 0 Å². The van der Waals surface area contributed by atoms with Crippen molar-refractivity contribution in [3.63, 3.8) is 0 Å². The molecule has 1 atom stereocenters. The molecular formula is C16H22ClN3O5. The van der Waals surface area contributed by atoms with Crippen LogP contribution in [-0.4, -0.2) is 58.3 Å². The molecular weight excluding hydrogens is 350 g/mol. The quantitative estimate of drug-likeness (QED) is 0.582. The van der Waals surface area contributed by atoms with Gasteiger partial charge in [-0.25, -0.2) is 9.59 Å². The Bertz CT molecular complexity index is 659. The maximum Gasteiger partial charge on any atom is 0.337 e. The molecule has 138 valence electrons. The molecule has 1 aromatic carbocycles. The third kappa shape index (κ3) is 5.61. The Labute approximate surface area is 150 Å². The molecule has 0 bridgehead atoms. The summed E-state index contributed by atoms with van der Waals surface area (Å²) in [5, 5.41) is 23.2. The number of carbonyl (C=O) groups excluding carboxylic acids is 2. The van der Waals surface area contributed by atoms with Crippen LogP contribution in [0, 0.1) is 0 Å². The van der Waals surface area contributed by atoms with Crippen molar-refractivity contribution in [1.82, 2.24) is 10.2 Å². The van der Waals surface area contributed by atoms with Crippen LogP contribution in [0.5, 0.6) is 0 Å². The number of halogens is 1. The number of nitrogens with one attached hydrogen (secondary N) is 2. The van der Waals surface area contributed by atoms with Gasteiger partial charge < -0.3 is 25.7 Å². The van der Waals surface area contributed by atoms with Crippen molar-refractivity contribution < 1.29 is 24.6 Å². The molecule has 0 aromatic heterocycles. The van der Waals surface area contributed by atoms with Crippen LogP contribution in [0.2, 0.25) is 5.02 Å². The molecule has 0 aliphatic carbocycles. The SMILES string of the molecule is CCN(CC)C(=O)c1ccc(NC(=O)NCC(C)(O)C(=O)O)cc1Cl. The second-order valence-corrected chi connectivity index (χ2v) is 5.97. The lowest BCUT2D eigenvalue weighted by molar-refractivity contribution is -0.155. The normalized spacial score (nSPS) is 12.8. The summed E-state index contributed by atoms with van der Waals surface area (Å²) in [5.74, 6) is -1.65. The standard InChI is InChI=1S/C16H22ClN3O5/c1-4-20(5-2)13(21)11-7-6-10(8-12(11)17)19-15(24)18-9-16(3,25)14(22)23/h6-8,25H,4-5,9H2,1-3H3,(H,22,23)(H2,18,19,24). The lowest BCUT2D eigenvalue weighted by atomic mass is 10.1. The number of benzene rings is 1. The Kier molecular flexibility index (Phi) is 7.20. The molecule has 0 aliphatic heterocycles. The van der Waals surface area contributed by atoms with Gasteiger partial charge in [-0.2, -0.15) is 0 Å². The summed E-state index contributed by atoms with van der Waals surface area (Å²) in [6.07, 6.45) is 0. The number of aliphatic hydroxyl groups is 1. The Morgan fingerprint density at radius 1 is 1.24 bits per heavy atom. The molecule has 1 unspecified atom stereocenters. The van der Waals surface area contributed by atoms with E-state index >= 15 is 0 Å². The summed E-state index contributed by atoms with van der Waals surface area (Å²) in [6.45, 7) is 5.43. The monoisotopic (exact) mass is 371 g/mol. The average Bonchev–Trinajstić information content (AvgIpc) is 2.54. The number of hydrogen-bond acceptors (Lipinski definition) is 4. The predicted molar refractivity (Wildman–Crippen MR) is 94.0 cm³/mol. The van der Waals surface area contributed by atoms with Gasteiger partial charge in [0.25, 0.3) is 5.91 Å². The van der Waals surface area contributed by atoms with Gasteiger partial charge in [0.15, 0.2) is 5.60 Å². The highest BCUT2D eigenvalue weighted by Gasteiger charge is 2.30. The first-order valence-electron chi connectivity index (χ1n) is 7.71. The zero-order valence-corrected chi connectivity index (χ0v) is 15.1. The lowest BCUT2D eigenvalue weighted by Gasteiger charge is -2.20. The van der Waals surface area contributed by atoms with E-state index in [1.54, 1.807) is 4.90 Å². The minimum atomic E-state index is -2.07. The number of rotatable bonds is 7. The van der Waals surface area contributed by atoms with Gasteiger partial charge in [-0.3, -0.25) is 4.79 Å². The first-order chi connectivity index (χ1) is 11.6. The van der Waals surface area contributed by atoms with E-state index in [-0.39, 0.29) is 10.9 Å². The molecule has 4 N–H and O–H groups in total. The summed E-state index contributed by atoms with van der Waals surface area (Å²) in [4.78, 5) is 36.5. The van der Waals surface area contributed by atoms with Crippen LogP contribution in [0.25, 0.3) is 0 Å². The van der Waals surface area contributed by atoms with E-state index in [1.807, 2.05) is 13.8 Å². The molecule has 25 heavy (non-hydrogen) atoms. The molecule has 0 spiro atoms. The average molecular weight is 372 g/mol. The van der Waals surface area contributed by atoms with Crippen molar-refractivity contribution in [2.75, 3.05) is 25.0 Å². The van der Waals surface area contributed by atoms with Crippen molar-refractivity contribution >= 4 is 35.2 Å². The van der Waals surface area contributed by atoms with Crippen LogP contribution in [0.4, 0.5) is 10.5 Å². The van der Waals surface area contributed by atoms with Crippen LogP contribution in [0.3, 0.4) is 0 Å². The number of nitrogens with zero attached hydrogens (tertiary/aromatic N) is 1. The van der Waals surface area contributed by atoms with E-state index in [4.69, 9.17) is 16.7 Å². The Morgan fingerprint density at radius 2 is 1.84 bits per heavy atom. The number of hydrogen-bond donors (Lipinski definition) is 4. The van der Waals surface area contributed by atoms with Gasteiger partial charge in [0, 0.05) is 18.8 Å². The number of carboxylic acid groups (broad SMARTS) is 1. The minimum absolute atomic E-state index is 0.187. The highest BCUT2D eigenvalue weighted by atomic mass is 35.5. The number of carboxylic acids is 1. The van der Waals surface area contributed by atoms with Crippen LogP contribution in [0.1, 0.15) is 31.1 Å². The van der Waals surface area contributed by atoms with Crippen molar-refractivity contribution in [3.8, 4) is 0 Å². The summed E-state index contributed by atoms with van der Waals surface area (Å²) in [5.41, 5.74) is -1.42. The smallest absolute Gasteiger partial charge is 0.337 e. The molecule has 0 radical (unpaired) electrons. The number of carbonyl (C=O) groups is 3. The highest BCUT2D eigenvalue weighted by Crippen LogP contribution is 2.22. The summed E-state index contributed by atoms with van der Waals surface area (Å²) < 4.78 is 0. The second kappa shape index (κ2) is 8.68. The van der Waals surface area contributed by atoms with E-state index < -0.39 is 24.1 Å². The van der Waals surface area contributed by atoms with Gasteiger partial charge in [-0.05, 0) is 39.0 Å². The third-order valence-corrected chi connectivity index (χ3v) is 3.87. The van der Waals surface area contributed by atoms with Gasteiger partial charge in [0.1, 0.15) is 0 Å². The van der Waals surface area contributed by atoms with Gasteiger partial charge in [0.2, 0.25) is 0 Å². The first kappa shape index (κ1) is 20.7. The topological polar surface area (TPSA) is 119 Å². The molecule has 0 heterocycles. The van der Waals surface area contributed by atoms with E-state index in [1.165, 1.54) is 18.2 Å². The molecule has 3 amide bonds. The maximum absolute atomic E-state index is 12.3. The van der Waals surface area contributed by atoms with E-state index in [0.717, 1.165) is 6.92 Å². The van der Waals surface area contributed by atoms with Crippen molar-refractivity contribution in [2.24, 2.45) is 0 Å². The number of urea groups is 1. The molecule has 1 aromatic rings. The van der Waals surface area contributed by atoms with E-state index in [9.17, 15) is 19.5 Å². The molecule has 0 saturated heterocycles. The number of amides is 3. The Hall–Kier alpha value is -2.32. The van der Waals surface area contributed by atoms with Gasteiger partial charge >= 0.3 is 12.0 Å². The van der Waals surface area contributed by atoms with Crippen LogP contribution in [-0.2, 0) is 4.79 Å².